The van der Waals surface area contributed by atoms with E-state index in [1.54, 1.807) is 7.11 Å². The normalized spacial score (nSPS) is 10.7. The minimum Gasteiger partial charge on any atom is -0.495 e. The Morgan fingerprint density at radius 1 is 1.12 bits per heavy atom. The van der Waals surface area contributed by atoms with Crippen molar-refractivity contribution < 1.29 is 14.3 Å². The van der Waals surface area contributed by atoms with Gasteiger partial charge in [-0.25, -0.2) is 9.78 Å². The molecule has 0 bridgehead atoms. The van der Waals surface area contributed by atoms with E-state index in [-0.39, 0.29) is 5.97 Å². The van der Waals surface area contributed by atoms with E-state index >= 15 is 0 Å². The molecule has 0 spiro atoms. The van der Waals surface area contributed by atoms with E-state index in [0.717, 1.165) is 42.9 Å². The zero-order valence-corrected chi connectivity index (χ0v) is 15.0. The summed E-state index contributed by atoms with van der Waals surface area (Å²) < 4.78 is 12.7. The standard InChI is InChI=1S/C19H26N2O3/c1-5-10-14-18(19(22)24-7-3)21(17(20-14)11-6-2)15-12-8-9-13-16(15)23-4/h8-9,12-13H,5-7,10-11H2,1-4H3. The zero-order valence-electron chi connectivity index (χ0n) is 15.0. The van der Waals surface area contributed by atoms with Crippen molar-refractivity contribution in [3.8, 4) is 11.4 Å². The maximum absolute atomic E-state index is 12.6. The minimum absolute atomic E-state index is 0.332. The van der Waals surface area contributed by atoms with Crippen LogP contribution in [0.3, 0.4) is 0 Å². The fourth-order valence-electron chi connectivity index (χ4n) is 2.80. The molecule has 5 nitrogen and oxygen atoms in total. The number of esters is 1. The first kappa shape index (κ1) is 18.0. The molecule has 0 amide bonds. The number of carbonyl (C=O) groups is 1. The molecule has 1 heterocycles. The summed E-state index contributed by atoms with van der Waals surface area (Å²) >= 11 is 0. The first-order valence-electron chi connectivity index (χ1n) is 8.58. The van der Waals surface area contributed by atoms with Gasteiger partial charge in [-0.3, -0.25) is 4.57 Å². The number of carbonyl (C=O) groups excluding carboxylic acids is 1. The number of imidazole rings is 1. The Kier molecular flexibility index (Phi) is 6.41. The molecule has 2 rings (SSSR count). The molecule has 0 saturated heterocycles. The topological polar surface area (TPSA) is 53.4 Å². The molecule has 0 radical (unpaired) electrons. The monoisotopic (exact) mass is 330 g/mol. The Morgan fingerprint density at radius 2 is 1.83 bits per heavy atom. The predicted molar refractivity (Wildman–Crippen MR) is 94.1 cm³/mol. The van der Waals surface area contributed by atoms with Gasteiger partial charge in [0.25, 0.3) is 0 Å². The van der Waals surface area contributed by atoms with Crippen LogP contribution < -0.4 is 4.74 Å². The Hall–Kier alpha value is -2.30. The number of hydrogen-bond acceptors (Lipinski definition) is 4. The molecule has 0 aliphatic carbocycles. The molecule has 1 aromatic heterocycles. The first-order chi connectivity index (χ1) is 11.7. The number of benzene rings is 1. The Bertz CT molecular complexity index is 692. The van der Waals surface area contributed by atoms with E-state index < -0.39 is 0 Å². The van der Waals surface area contributed by atoms with Crippen LogP contribution >= 0.6 is 0 Å². The lowest BCUT2D eigenvalue weighted by Crippen LogP contribution is -2.15. The fourth-order valence-corrected chi connectivity index (χ4v) is 2.80. The van der Waals surface area contributed by atoms with E-state index in [1.165, 1.54) is 0 Å². The van der Waals surface area contributed by atoms with Crippen molar-refractivity contribution in [2.75, 3.05) is 13.7 Å². The summed E-state index contributed by atoms with van der Waals surface area (Å²) in [4.78, 5) is 17.4. The highest BCUT2D eigenvalue weighted by atomic mass is 16.5. The fraction of sp³-hybridized carbons (Fsp3) is 0.474. The van der Waals surface area contributed by atoms with Gasteiger partial charge in [0.2, 0.25) is 0 Å². The van der Waals surface area contributed by atoms with E-state index in [0.29, 0.717) is 18.1 Å². The lowest BCUT2D eigenvalue weighted by atomic mass is 10.2. The second kappa shape index (κ2) is 8.52. The number of para-hydroxylation sites is 2. The molecule has 0 fully saturated rings. The number of ether oxygens (including phenoxy) is 2. The van der Waals surface area contributed by atoms with Crippen LogP contribution in [-0.4, -0.2) is 29.2 Å². The van der Waals surface area contributed by atoms with Crippen LogP contribution in [0.25, 0.3) is 5.69 Å². The number of aromatic nitrogens is 2. The summed E-state index contributed by atoms with van der Waals surface area (Å²) in [5.74, 6) is 1.25. The maximum atomic E-state index is 12.6. The third kappa shape index (κ3) is 3.61. The summed E-state index contributed by atoms with van der Waals surface area (Å²) in [7, 11) is 1.63. The van der Waals surface area contributed by atoms with Crippen molar-refractivity contribution in [1.29, 1.82) is 0 Å². The SMILES string of the molecule is CCCc1nc(CCC)n(-c2ccccc2OC)c1C(=O)OCC. The third-order valence-electron chi connectivity index (χ3n) is 3.77. The number of aryl methyl sites for hydroxylation is 2. The quantitative estimate of drug-likeness (QED) is 0.687. The average Bonchev–Trinajstić information content (AvgIpc) is 2.93. The van der Waals surface area contributed by atoms with E-state index in [1.807, 2.05) is 35.8 Å². The molecular weight excluding hydrogens is 304 g/mol. The van der Waals surface area contributed by atoms with Gasteiger partial charge in [0.1, 0.15) is 11.6 Å². The maximum Gasteiger partial charge on any atom is 0.357 e. The van der Waals surface area contributed by atoms with Gasteiger partial charge in [0.05, 0.1) is 25.1 Å². The van der Waals surface area contributed by atoms with Gasteiger partial charge in [0.15, 0.2) is 5.69 Å². The Labute approximate surface area is 143 Å². The highest BCUT2D eigenvalue weighted by molar-refractivity contribution is 5.90. The second-order valence-electron chi connectivity index (χ2n) is 5.55. The molecule has 0 aliphatic rings. The number of methoxy groups -OCH3 is 1. The van der Waals surface area contributed by atoms with Gasteiger partial charge in [-0.05, 0) is 31.9 Å². The van der Waals surface area contributed by atoms with Crippen molar-refractivity contribution in [1.82, 2.24) is 9.55 Å². The lowest BCUT2D eigenvalue weighted by Gasteiger charge is -2.15. The van der Waals surface area contributed by atoms with Gasteiger partial charge in [-0.15, -0.1) is 0 Å². The predicted octanol–water partition coefficient (Wildman–Crippen LogP) is 3.96. The lowest BCUT2D eigenvalue weighted by molar-refractivity contribution is 0.0515. The minimum atomic E-state index is -0.332. The second-order valence-corrected chi connectivity index (χ2v) is 5.55. The largest absolute Gasteiger partial charge is 0.495 e. The smallest absolute Gasteiger partial charge is 0.357 e. The van der Waals surface area contributed by atoms with Crippen molar-refractivity contribution in [3.63, 3.8) is 0 Å². The van der Waals surface area contributed by atoms with E-state index in [2.05, 4.69) is 13.8 Å². The highest BCUT2D eigenvalue weighted by Crippen LogP contribution is 2.28. The number of hydrogen-bond donors (Lipinski definition) is 0. The molecule has 130 valence electrons. The molecule has 0 unspecified atom stereocenters. The summed E-state index contributed by atoms with van der Waals surface area (Å²) in [6.07, 6.45) is 3.39. The first-order valence-corrected chi connectivity index (χ1v) is 8.58. The molecule has 24 heavy (non-hydrogen) atoms. The van der Waals surface area contributed by atoms with Gasteiger partial charge >= 0.3 is 5.97 Å². The molecular formula is C19H26N2O3. The van der Waals surface area contributed by atoms with Crippen molar-refractivity contribution in [3.05, 3.63) is 41.5 Å². The van der Waals surface area contributed by atoms with Crippen LogP contribution in [0.1, 0.15) is 55.6 Å². The van der Waals surface area contributed by atoms with Crippen LogP contribution in [0.4, 0.5) is 0 Å². The van der Waals surface area contributed by atoms with Gasteiger partial charge < -0.3 is 9.47 Å². The van der Waals surface area contributed by atoms with Gasteiger partial charge in [-0.2, -0.15) is 0 Å². The molecule has 1 aromatic carbocycles. The molecule has 0 N–H and O–H groups in total. The zero-order chi connectivity index (χ0) is 17.5. The van der Waals surface area contributed by atoms with Crippen LogP contribution in [0.2, 0.25) is 0 Å². The van der Waals surface area contributed by atoms with Crippen molar-refractivity contribution in [2.24, 2.45) is 0 Å². The average molecular weight is 330 g/mol. The van der Waals surface area contributed by atoms with Crippen LogP contribution in [0.15, 0.2) is 24.3 Å². The van der Waals surface area contributed by atoms with Crippen LogP contribution in [0, 0.1) is 0 Å². The Morgan fingerprint density at radius 3 is 2.46 bits per heavy atom. The molecule has 2 aromatic rings. The molecule has 0 atom stereocenters. The van der Waals surface area contributed by atoms with Crippen molar-refractivity contribution in [2.45, 2.75) is 46.5 Å². The molecule has 5 heteroatoms. The third-order valence-corrected chi connectivity index (χ3v) is 3.77. The summed E-state index contributed by atoms with van der Waals surface area (Å²) in [6.45, 7) is 6.33. The Balaban J connectivity index is 2.71. The summed E-state index contributed by atoms with van der Waals surface area (Å²) in [6, 6.07) is 7.68. The molecule has 0 aliphatic heterocycles. The van der Waals surface area contributed by atoms with Gasteiger partial charge in [0, 0.05) is 6.42 Å². The highest BCUT2D eigenvalue weighted by Gasteiger charge is 2.25. The number of rotatable bonds is 8. The van der Waals surface area contributed by atoms with E-state index in [9.17, 15) is 4.79 Å². The summed E-state index contributed by atoms with van der Waals surface area (Å²) in [5, 5.41) is 0. The molecule has 0 saturated carbocycles. The van der Waals surface area contributed by atoms with Crippen LogP contribution in [-0.2, 0) is 17.6 Å². The van der Waals surface area contributed by atoms with E-state index in [4.69, 9.17) is 14.5 Å². The summed E-state index contributed by atoms with van der Waals surface area (Å²) in [5.41, 5.74) is 2.14. The van der Waals surface area contributed by atoms with Crippen molar-refractivity contribution >= 4 is 5.97 Å². The van der Waals surface area contributed by atoms with Gasteiger partial charge in [-0.1, -0.05) is 32.4 Å². The van der Waals surface area contributed by atoms with Crippen LogP contribution in [0.5, 0.6) is 5.75 Å². The number of nitrogens with zero attached hydrogens (tertiary/aromatic N) is 2.